The monoisotopic (exact) mass is 253 g/mol. The van der Waals surface area contributed by atoms with Gasteiger partial charge >= 0.3 is 11.9 Å². The number of nitrogens with zero attached hydrogens (tertiary/aromatic N) is 1. The van der Waals surface area contributed by atoms with Crippen LogP contribution < -0.4 is 0 Å². The summed E-state index contributed by atoms with van der Waals surface area (Å²) in [7, 11) is 2.27. The number of esters is 2. The Morgan fingerprint density at radius 3 is 1.94 bits per heavy atom. The Hall–Kier alpha value is -2.44. The topological polar surface area (TPSA) is 95.7 Å². The third-order valence-corrected chi connectivity index (χ3v) is 2.34. The van der Waals surface area contributed by atoms with Crippen molar-refractivity contribution in [2.24, 2.45) is 0 Å². The first kappa shape index (κ1) is 13.6. The van der Waals surface area contributed by atoms with E-state index in [1.54, 1.807) is 0 Å². The van der Waals surface area contributed by atoms with Crippen LogP contribution in [0, 0.1) is 17.0 Å². The van der Waals surface area contributed by atoms with E-state index < -0.39 is 16.9 Å². The van der Waals surface area contributed by atoms with Gasteiger partial charge in [-0.3, -0.25) is 10.1 Å². The molecule has 7 nitrogen and oxygen atoms in total. The van der Waals surface area contributed by atoms with Gasteiger partial charge in [0.25, 0.3) is 5.69 Å². The second-order valence-electron chi connectivity index (χ2n) is 3.42. The molecule has 0 aliphatic rings. The van der Waals surface area contributed by atoms with Gasteiger partial charge in [0.2, 0.25) is 0 Å². The van der Waals surface area contributed by atoms with E-state index in [1.807, 2.05) is 0 Å². The molecule has 0 fully saturated rings. The van der Waals surface area contributed by atoms with Crippen molar-refractivity contribution >= 4 is 17.6 Å². The number of rotatable bonds is 3. The highest BCUT2D eigenvalue weighted by Gasteiger charge is 2.24. The first-order chi connectivity index (χ1) is 8.42. The fraction of sp³-hybridized carbons (Fsp3) is 0.273. The zero-order chi connectivity index (χ0) is 13.9. The number of ether oxygens (including phenoxy) is 2. The van der Waals surface area contributed by atoms with Crippen molar-refractivity contribution in [2.75, 3.05) is 14.2 Å². The highest BCUT2D eigenvalue weighted by Crippen LogP contribution is 2.24. The Bertz CT molecular complexity index is 523. The summed E-state index contributed by atoms with van der Waals surface area (Å²) >= 11 is 0. The number of hydrogen-bond donors (Lipinski definition) is 0. The maximum absolute atomic E-state index is 11.5. The summed E-state index contributed by atoms with van der Waals surface area (Å²) in [5.41, 5.74) is -0.259. The molecule has 0 saturated heterocycles. The molecule has 0 amide bonds. The Morgan fingerprint density at radius 1 is 1.11 bits per heavy atom. The lowest BCUT2D eigenvalue weighted by Gasteiger charge is -2.07. The maximum atomic E-state index is 11.5. The molecule has 0 radical (unpaired) electrons. The van der Waals surface area contributed by atoms with Crippen LogP contribution in [0.1, 0.15) is 26.3 Å². The van der Waals surface area contributed by atoms with Gasteiger partial charge in [0, 0.05) is 11.6 Å². The number of nitro benzene ring substituents is 1. The van der Waals surface area contributed by atoms with Crippen molar-refractivity contribution in [1.29, 1.82) is 0 Å². The Labute approximate surface area is 102 Å². The fourth-order valence-electron chi connectivity index (χ4n) is 1.45. The van der Waals surface area contributed by atoms with Gasteiger partial charge in [0.15, 0.2) is 0 Å². The maximum Gasteiger partial charge on any atom is 0.338 e. The average molecular weight is 253 g/mol. The van der Waals surface area contributed by atoms with Gasteiger partial charge in [-0.15, -0.1) is 0 Å². The lowest BCUT2D eigenvalue weighted by molar-refractivity contribution is -0.385. The van der Waals surface area contributed by atoms with Gasteiger partial charge in [-0.1, -0.05) is 0 Å². The molecule has 0 unspecified atom stereocenters. The summed E-state index contributed by atoms with van der Waals surface area (Å²) in [4.78, 5) is 33.1. The van der Waals surface area contributed by atoms with Crippen LogP contribution in [-0.4, -0.2) is 31.1 Å². The van der Waals surface area contributed by atoms with Crippen LogP contribution >= 0.6 is 0 Å². The van der Waals surface area contributed by atoms with Crippen molar-refractivity contribution in [3.63, 3.8) is 0 Å². The zero-order valence-electron chi connectivity index (χ0n) is 10.1. The Kier molecular flexibility index (Phi) is 3.98. The zero-order valence-corrected chi connectivity index (χ0v) is 10.1. The van der Waals surface area contributed by atoms with Gasteiger partial charge in [-0.25, -0.2) is 9.59 Å². The molecule has 0 spiro atoms. The molecule has 0 N–H and O–H groups in total. The lowest BCUT2D eigenvalue weighted by Crippen LogP contribution is -2.13. The van der Waals surface area contributed by atoms with Crippen LogP contribution in [-0.2, 0) is 9.47 Å². The van der Waals surface area contributed by atoms with E-state index in [-0.39, 0.29) is 22.4 Å². The van der Waals surface area contributed by atoms with E-state index in [0.717, 1.165) is 20.3 Å². The van der Waals surface area contributed by atoms with Crippen LogP contribution in [0.15, 0.2) is 12.1 Å². The number of nitro groups is 1. The molecule has 0 aliphatic heterocycles. The van der Waals surface area contributed by atoms with Crippen LogP contribution in [0.5, 0.6) is 0 Å². The van der Waals surface area contributed by atoms with Crippen molar-refractivity contribution in [2.45, 2.75) is 6.92 Å². The predicted molar refractivity (Wildman–Crippen MR) is 60.5 cm³/mol. The molecule has 0 aromatic heterocycles. The van der Waals surface area contributed by atoms with Gasteiger partial charge in [0.05, 0.1) is 30.3 Å². The molecule has 1 aromatic carbocycles. The van der Waals surface area contributed by atoms with E-state index >= 15 is 0 Å². The van der Waals surface area contributed by atoms with Crippen molar-refractivity contribution in [3.8, 4) is 0 Å². The highest BCUT2D eigenvalue weighted by atomic mass is 16.6. The number of benzene rings is 1. The van der Waals surface area contributed by atoms with Crippen LogP contribution in [0.2, 0.25) is 0 Å². The number of aryl methyl sites for hydroxylation is 1. The largest absolute Gasteiger partial charge is 0.465 e. The first-order valence-electron chi connectivity index (χ1n) is 4.88. The van der Waals surface area contributed by atoms with Gasteiger partial charge in [0.1, 0.15) is 0 Å². The molecule has 96 valence electrons. The number of methoxy groups -OCH3 is 2. The van der Waals surface area contributed by atoms with Gasteiger partial charge < -0.3 is 9.47 Å². The molecular formula is C11H11NO6. The molecule has 1 aromatic rings. The molecular weight excluding hydrogens is 242 g/mol. The minimum atomic E-state index is -0.835. The lowest BCUT2D eigenvalue weighted by atomic mass is 10.0. The average Bonchev–Trinajstić information content (AvgIpc) is 2.36. The molecule has 0 aliphatic carbocycles. The highest BCUT2D eigenvalue weighted by molar-refractivity contribution is 6.03. The van der Waals surface area contributed by atoms with Crippen LogP contribution in [0.4, 0.5) is 5.69 Å². The number of hydrogen-bond acceptors (Lipinski definition) is 6. The summed E-state index contributed by atoms with van der Waals surface area (Å²) in [5.74, 6) is -1.59. The SMILES string of the molecule is COC(=O)c1cc(C)c([N+](=O)[O-])cc1C(=O)OC. The Morgan fingerprint density at radius 2 is 1.56 bits per heavy atom. The summed E-state index contributed by atoms with van der Waals surface area (Å²) in [6.45, 7) is 1.46. The summed E-state index contributed by atoms with van der Waals surface area (Å²) in [6.07, 6.45) is 0. The molecule has 7 heteroatoms. The minimum Gasteiger partial charge on any atom is -0.465 e. The molecule has 0 atom stereocenters. The fourth-order valence-corrected chi connectivity index (χ4v) is 1.45. The second kappa shape index (κ2) is 5.26. The van der Waals surface area contributed by atoms with Gasteiger partial charge in [-0.2, -0.15) is 0 Å². The minimum absolute atomic E-state index is 0.0625. The molecule has 18 heavy (non-hydrogen) atoms. The number of carbonyl (C=O) groups is 2. The summed E-state index contributed by atoms with van der Waals surface area (Å²) in [5, 5.41) is 10.8. The second-order valence-corrected chi connectivity index (χ2v) is 3.42. The standard InChI is InChI=1S/C11H11NO6/c1-6-4-7(10(13)17-2)8(11(14)18-3)5-9(6)12(15)16/h4-5H,1-3H3. The van der Waals surface area contributed by atoms with Gasteiger partial charge in [-0.05, 0) is 13.0 Å². The first-order valence-corrected chi connectivity index (χ1v) is 4.88. The molecule has 0 heterocycles. The van der Waals surface area contributed by atoms with Crippen molar-refractivity contribution in [1.82, 2.24) is 0 Å². The van der Waals surface area contributed by atoms with E-state index in [1.165, 1.54) is 13.0 Å². The summed E-state index contributed by atoms with van der Waals surface area (Å²) in [6, 6.07) is 2.24. The normalized spacial score (nSPS) is 9.72. The summed E-state index contributed by atoms with van der Waals surface area (Å²) < 4.78 is 8.99. The molecule has 0 saturated carbocycles. The molecule has 1 rings (SSSR count). The van der Waals surface area contributed by atoms with Crippen molar-refractivity contribution in [3.05, 3.63) is 38.9 Å². The van der Waals surface area contributed by atoms with Crippen LogP contribution in [0.3, 0.4) is 0 Å². The van der Waals surface area contributed by atoms with E-state index in [0.29, 0.717) is 0 Å². The van der Waals surface area contributed by atoms with Crippen LogP contribution in [0.25, 0.3) is 0 Å². The third kappa shape index (κ3) is 2.45. The smallest absolute Gasteiger partial charge is 0.338 e. The Balaban J connectivity index is 3.51. The van der Waals surface area contributed by atoms with E-state index in [9.17, 15) is 19.7 Å². The van der Waals surface area contributed by atoms with E-state index in [4.69, 9.17) is 0 Å². The quantitative estimate of drug-likeness (QED) is 0.460. The van der Waals surface area contributed by atoms with Crippen molar-refractivity contribution < 1.29 is 24.0 Å². The third-order valence-electron chi connectivity index (χ3n) is 2.34. The predicted octanol–water partition coefficient (Wildman–Crippen LogP) is 1.48. The number of carbonyl (C=O) groups excluding carboxylic acids is 2. The van der Waals surface area contributed by atoms with E-state index in [2.05, 4.69) is 9.47 Å². The molecule has 0 bridgehead atoms.